The highest BCUT2D eigenvalue weighted by Crippen LogP contribution is 2.20. The number of carbonyl (C=O) groups excluding carboxylic acids is 2. The summed E-state index contributed by atoms with van der Waals surface area (Å²) in [6.07, 6.45) is 1.40. The Hall–Kier alpha value is -2.82. The number of hydrogen-bond donors (Lipinski definition) is 1. The average molecular weight is 366 g/mol. The van der Waals surface area contributed by atoms with E-state index in [2.05, 4.69) is 5.32 Å². The fraction of sp³-hybridized carbons (Fsp3) is 0.364. The van der Waals surface area contributed by atoms with E-state index in [-0.39, 0.29) is 17.7 Å². The number of nitrogens with one attached hydrogen (secondary N) is 1. The first-order valence-corrected chi connectivity index (χ1v) is 9.33. The van der Waals surface area contributed by atoms with Crippen LogP contribution in [0.2, 0.25) is 0 Å². The fourth-order valence-corrected chi connectivity index (χ4v) is 3.38. The maximum absolute atomic E-state index is 12.6. The first-order valence-electron chi connectivity index (χ1n) is 9.33. The Morgan fingerprint density at radius 1 is 1.11 bits per heavy atom. The van der Waals surface area contributed by atoms with Crippen molar-refractivity contribution in [3.05, 3.63) is 65.2 Å². The minimum absolute atomic E-state index is 0.0372. The van der Waals surface area contributed by atoms with Gasteiger partial charge in [0.15, 0.2) is 0 Å². The highest BCUT2D eigenvalue weighted by molar-refractivity contribution is 5.94. The number of ether oxygens (including phenoxy) is 1. The predicted octanol–water partition coefficient (Wildman–Crippen LogP) is 3.17. The van der Waals surface area contributed by atoms with Gasteiger partial charge in [-0.3, -0.25) is 9.59 Å². The van der Waals surface area contributed by atoms with Gasteiger partial charge in [0.25, 0.3) is 5.91 Å². The van der Waals surface area contributed by atoms with Gasteiger partial charge in [-0.25, -0.2) is 0 Å². The summed E-state index contributed by atoms with van der Waals surface area (Å²) in [6, 6.07) is 15.3. The van der Waals surface area contributed by atoms with E-state index in [1.165, 1.54) is 0 Å². The molecule has 142 valence electrons. The second-order valence-corrected chi connectivity index (χ2v) is 7.00. The summed E-state index contributed by atoms with van der Waals surface area (Å²) in [7, 11) is 1.63. The molecule has 5 nitrogen and oxygen atoms in total. The van der Waals surface area contributed by atoms with E-state index in [9.17, 15) is 9.59 Å². The summed E-state index contributed by atoms with van der Waals surface area (Å²) < 4.78 is 5.14. The van der Waals surface area contributed by atoms with Gasteiger partial charge in [-0.1, -0.05) is 29.8 Å². The number of rotatable bonds is 5. The molecule has 1 fully saturated rings. The monoisotopic (exact) mass is 366 g/mol. The van der Waals surface area contributed by atoms with Crippen molar-refractivity contribution in [3.63, 3.8) is 0 Å². The zero-order chi connectivity index (χ0) is 19.2. The van der Waals surface area contributed by atoms with Gasteiger partial charge in [-0.15, -0.1) is 0 Å². The van der Waals surface area contributed by atoms with Gasteiger partial charge in [0.05, 0.1) is 7.11 Å². The molecule has 2 aromatic carbocycles. The first-order chi connectivity index (χ1) is 13.1. The summed E-state index contributed by atoms with van der Waals surface area (Å²) in [5, 5.41) is 3.01. The molecule has 2 aromatic rings. The minimum atomic E-state index is -0.0372. The van der Waals surface area contributed by atoms with Crippen molar-refractivity contribution in [3.8, 4) is 5.75 Å². The minimum Gasteiger partial charge on any atom is -0.497 e. The third-order valence-electron chi connectivity index (χ3n) is 5.04. The standard InChI is InChI=1S/C22H26N2O3/c1-16-4-3-5-19(14-16)22(26)24-12-10-18(11-13-24)21(25)23-15-17-6-8-20(27-2)9-7-17/h3-9,14,18H,10-13,15H2,1-2H3,(H,23,25). The summed E-state index contributed by atoms with van der Waals surface area (Å²) in [6.45, 7) is 3.72. The Kier molecular flexibility index (Phi) is 6.12. The lowest BCUT2D eigenvalue weighted by Gasteiger charge is -2.31. The van der Waals surface area contributed by atoms with Crippen LogP contribution in [0.4, 0.5) is 0 Å². The zero-order valence-electron chi connectivity index (χ0n) is 15.9. The van der Waals surface area contributed by atoms with E-state index < -0.39 is 0 Å². The maximum atomic E-state index is 12.6. The fourth-order valence-electron chi connectivity index (χ4n) is 3.38. The van der Waals surface area contributed by atoms with Gasteiger partial charge in [-0.2, -0.15) is 0 Å². The molecule has 27 heavy (non-hydrogen) atoms. The Morgan fingerprint density at radius 3 is 2.44 bits per heavy atom. The molecule has 0 aromatic heterocycles. The van der Waals surface area contributed by atoms with Crippen LogP contribution in [0.1, 0.15) is 34.3 Å². The van der Waals surface area contributed by atoms with Crippen LogP contribution in [-0.2, 0) is 11.3 Å². The maximum Gasteiger partial charge on any atom is 0.253 e. The Balaban J connectivity index is 1.48. The van der Waals surface area contributed by atoms with Gasteiger partial charge >= 0.3 is 0 Å². The molecule has 0 spiro atoms. The van der Waals surface area contributed by atoms with Crippen LogP contribution in [0.15, 0.2) is 48.5 Å². The first kappa shape index (κ1) is 19.0. The van der Waals surface area contributed by atoms with E-state index in [0.29, 0.717) is 32.5 Å². The number of likely N-dealkylation sites (tertiary alicyclic amines) is 1. The van der Waals surface area contributed by atoms with E-state index in [0.717, 1.165) is 22.4 Å². The second-order valence-electron chi connectivity index (χ2n) is 7.00. The largest absolute Gasteiger partial charge is 0.497 e. The van der Waals surface area contributed by atoms with E-state index in [1.807, 2.05) is 60.4 Å². The van der Waals surface area contributed by atoms with Crippen LogP contribution < -0.4 is 10.1 Å². The topological polar surface area (TPSA) is 58.6 Å². The summed E-state index contributed by atoms with van der Waals surface area (Å²) >= 11 is 0. The van der Waals surface area contributed by atoms with Crippen molar-refractivity contribution in [1.82, 2.24) is 10.2 Å². The third-order valence-corrected chi connectivity index (χ3v) is 5.04. The van der Waals surface area contributed by atoms with Gasteiger partial charge in [-0.05, 0) is 49.6 Å². The number of hydrogen-bond acceptors (Lipinski definition) is 3. The third kappa shape index (κ3) is 4.88. The van der Waals surface area contributed by atoms with Crippen molar-refractivity contribution < 1.29 is 14.3 Å². The highest BCUT2D eigenvalue weighted by atomic mass is 16.5. The number of methoxy groups -OCH3 is 1. The molecular formula is C22H26N2O3. The molecule has 0 radical (unpaired) electrons. The molecule has 0 aliphatic carbocycles. The Morgan fingerprint density at radius 2 is 1.81 bits per heavy atom. The van der Waals surface area contributed by atoms with Crippen molar-refractivity contribution in [1.29, 1.82) is 0 Å². The lowest BCUT2D eigenvalue weighted by Crippen LogP contribution is -2.42. The summed E-state index contributed by atoms with van der Waals surface area (Å²) in [5.41, 5.74) is 2.84. The van der Waals surface area contributed by atoms with Crippen molar-refractivity contribution >= 4 is 11.8 Å². The smallest absolute Gasteiger partial charge is 0.253 e. The predicted molar refractivity (Wildman–Crippen MR) is 105 cm³/mol. The second kappa shape index (κ2) is 8.71. The number of carbonyl (C=O) groups is 2. The van der Waals surface area contributed by atoms with Gasteiger partial charge in [0, 0.05) is 31.1 Å². The normalized spacial score (nSPS) is 14.7. The molecular weight excluding hydrogens is 340 g/mol. The van der Waals surface area contributed by atoms with Gasteiger partial charge in [0.1, 0.15) is 5.75 Å². The molecule has 1 aliphatic rings. The molecule has 0 atom stereocenters. The molecule has 0 saturated carbocycles. The SMILES string of the molecule is COc1ccc(CNC(=O)C2CCN(C(=O)c3cccc(C)c3)CC2)cc1. The van der Waals surface area contributed by atoms with Crippen LogP contribution in [0.5, 0.6) is 5.75 Å². The van der Waals surface area contributed by atoms with Crippen molar-refractivity contribution in [2.24, 2.45) is 5.92 Å². The Labute approximate surface area is 160 Å². The number of aryl methyl sites for hydroxylation is 1. The van der Waals surface area contributed by atoms with E-state index in [1.54, 1.807) is 7.11 Å². The molecule has 1 aliphatic heterocycles. The zero-order valence-corrected chi connectivity index (χ0v) is 15.9. The van der Waals surface area contributed by atoms with Crippen LogP contribution in [-0.4, -0.2) is 36.9 Å². The molecule has 1 saturated heterocycles. The molecule has 2 amide bonds. The number of piperidine rings is 1. The molecule has 0 unspecified atom stereocenters. The molecule has 3 rings (SSSR count). The lowest BCUT2D eigenvalue weighted by atomic mass is 9.95. The molecule has 0 bridgehead atoms. The summed E-state index contributed by atoms with van der Waals surface area (Å²) in [5.74, 6) is 0.879. The molecule has 1 N–H and O–H groups in total. The average Bonchev–Trinajstić information content (AvgIpc) is 2.72. The Bertz CT molecular complexity index is 793. The van der Waals surface area contributed by atoms with E-state index in [4.69, 9.17) is 4.74 Å². The number of amides is 2. The number of nitrogens with zero attached hydrogens (tertiary/aromatic N) is 1. The van der Waals surface area contributed by atoms with Crippen molar-refractivity contribution in [2.75, 3.05) is 20.2 Å². The highest BCUT2D eigenvalue weighted by Gasteiger charge is 2.27. The van der Waals surface area contributed by atoms with Crippen LogP contribution >= 0.6 is 0 Å². The van der Waals surface area contributed by atoms with Gasteiger partial charge in [0.2, 0.25) is 5.91 Å². The quantitative estimate of drug-likeness (QED) is 0.884. The molecule has 1 heterocycles. The van der Waals surface area contributed by atoms with Crippen LogP contribution in [0, 0.1) is 12.8 Å². The van der Waals surface area contributed by atoms with Crippen LogP contribution in [0.25, 0.3) is 0 Å². The summed E-state index contributed by atoms with van der Waals surface area (Å²) in [4.78, 5) is 26.9. The van der Waals surface area contributed by atoms with E-state index >= 15 is 0 Å². The lowest BCUT2D eigenvalue weighted by molar-refractivity contribution is -0.126. The molecule has 5 heteroatoms. The van der Waals surface area contributed by atoms with Gasteiger partial charge < -0.3 is 15.0 Å². The van der Waals surface area contributed by atoms with Crippen LogP contribution in [0.3, 0.4) is 0 Å². The van der Waals surface area contributed by atoms with Crippen molar-refractivity contribution in [2.45, 2.75) is 26.3 Å². The number of benzene rings is 2.